The Labute approximate surface area is 192 Å². The largest absolute Gasteiger partial charge is 0.354 e. The van der Waals surface area contributed by atoms with Crippen molar-refractivity contribution >= 4 is 40.9 Å². The molecular formula is C26H27N5S. The number of benzene rings is 1. The van der Waals surface area contributed by atoms with Crippen LogP contribution in [0.4, 0.5) is 5.69 Å². The maximum atomic E-state index is 4.46. The first-order valence-corrected chi connectivity index (χ1v) is 11.2. The molecule has 0 unspecified atom stereocenters. The molecule has 162 valence electrons. The average Bonchev–Trinajstić information content (AvgIpc) is 3.50. The SMILES string of the molecule is C=C(Nc1cccc(-c2cccs2)c1C)c1n[nH]/c(=C/C=C(\C)c2cnc(C)n2C)c1=C. The van der Waals surface area contributed by atoms with Gasteiger partial charge in [0.1, 0.15) is 11.5 Å². The summed E-state index contributed by atoms with van der Waals surface area (Å²) in [6.45, 7) is 14.6. The highest BCUT2D eigenvalue weighted by Gasteiger charge is 2.10. The van der Waals surface area contributed by atoms with Gasteiger partial charge in [-0.05, 0) is 61.1 Å². The third kappa shape index (κ3) is 4.09. The standard InChI is InChI=1S/C26H27N5S/c1-16(24-15-27-20(5)31(24)6)12-13-23-18(3)26(30-29-23)19(4)28-22-10-7-9-21(17(22)2)25-11-8-14-32-25/h7-15,28-29H,3-4H2,1-2,5-6H3/b16-12+,23-13+. The number of rotatable bonds is 6. The van der Waals surface area contributed by atoms with Crippen LogP contribution in [0.5, 0.6) is 0 Å². The van der Waals surface area contributed by atoms with E-state index >= 15 is 0 Å². The highest BCUT2D eigenvalue weighted by molar-refractivity contribution is 7.13. The van der Waals surface area contributed by atoms with E-state index in [-0.39, 0.29) is 0 Å². The Bertz CT molecular complexity index is 1420. The fourth-order valence-electron chi connectivity index (χ4n) is 3.62. The fraction of sp³-hybridized carbons (Fsp3) is 0.154. The van der Waals surface area contributed by atoms with Crippen molar-refractivity contribution in [2.75, 3.05) is 5.32 Å². The van der Waals surface area contributed by atoms with E-state index in [0.29, 0.717) is 5.70 Å². The number of hydrogen-bond donors (Lipinski definition) is 2. The highest BCUT2D eigenvalue weighted by atomic mass is 32.1. The number of aryl methyl sites for hydroxylation is 1. The summed E-state index contributed by atoms with van der Waals surface area (Å²) >= 11 is 1.74. The first-order chi connectivity index (χ1) is 15.4. The van der Waals surface area contributed by atoms with Gasteiger partial charge in [-0.3, -0.25) is 5.10 Å². The number of anilines is 1. The Morgan fingerprint density at radius 2 is 2.03 bits per heavy atom. The molecule has 0 atom stereocenters. The van der Waals surface area contributed by atoms with E-state index in [4.69, 9.17) is 0 Å². The lowest BCUT2D eigenvalue weighted by molar-refractivity contribution is 0.845. The van der Waals surface area contributed by atoms with Crippen molar-refractivity contribution in [2.45, 2.75) is 20.8 Å². The lowest BCUT2D eigenvalue weighted by atomic mass is 10.0. The monoisotopic (exact) mass is 441 g/mol. The maximum Gasteiger partial charge on any atom is 0.115 e. The van der Waals surface area contributed by atoms with Crippen LogP contribution < -0.4 is 15.9 Å². The van der Waals surface area contributed by atoms with Gasteiger partial charge in [0.2, 0.25) is 0 Å². The first-order valence-electron chi connectivity index (χ1n) is 10.4. The Morgan fingerprint density at radius 1 is 1.22 bits per heavy atom. The van der Waals surface area contributed by atoms with Gasteiger partial charge < -0.3 is 9.88 Å². The minimum atomic E-state index is 0.709. The van der Waals surface area contributed by atoms with E-state index < -0.39 is 0 Å². The zero-order valence-corrected chi connectivity index (χ0v) is 19.7. The first kappa shape index (κ1) is 21.6. The number of H-pyrrole nitrogens is 1. The molecule has 1 aromatic carbocycles. The molecule has 0 fully saturated rings. The van der Waals surface area contributed by atoms with Crippen LogP contribution in [0.25, 0.3) is 34.4 Å². The van der Waals surface area contributed by atoms with Crippen LogP contribution in [0.15, 0.2) is 54.6 Å². The third-order valence-electron chi connectivity index (χ3n) is 5.72. The van der Waals surface area contributed by atoms with Crippen LogP contribution in [-0.2, 0) is 7.05 Å². The summed E-state index contributed by atoms with van der Waals surface area (Å²) in [4.78, 5) is 5.61. The van der Waals surface area contributed by atoms with Crippen molar-refractivity contribution in [3.8, 4) is 10.4 Å². The zero-order chi connectivity index (χ0) is 22.8. The minimum Gasteiger partial charge on any atom is -0.354 e. The Hall–Kier alpha value is -3.64. The number of thiophene rings is 1. The van der Waals surface area contributed by atoms with Crippen molar-refractivity contribution in [2.24, 2.45) is 7.05 Å². The molecule has 0 radical (unpaired) electrons. The summed E-state index contributed by atoms with van der Waals surface area (Å²) < 4.78 is 2.07. The van der Waals surface area contributed by atoms with E-state index in [0.717, 1.165) is 39.0 Å². The van der Waals surface area contributed by atoms with Gasteiger partial charge in [0.05, 0.1) is 22.9 Å². The van der Waals surface area contributed by atoms with Crippen molar-refractivity contribution in [3.05, 3.63) is 87.9 Å². The highest BCUT2D eigenvalue weighted by Crippen LogP contribution is 2.32. The van der Waals surface area contributed by atoms with E-state index in [2.05, 4.69) is 87.8 Å². The van der Waals surface area contributed by atoms with E-state index in [1.54, 1.807) is 11.3 Å². The number of imidazole rings is 1. The van der Waals surface area contributed by atoms with Crippen LogP contribution in [0.3, 0.4) is 0 Å². The second-order valence-electron chi connectivity index (χ2n) is 7.79. The van der Waals surface area contributed by atoms with Gasteiger partial charge in [-0.1, -0.05) is 37.4 Å². The van der Waals surface area contributed by atoms with Gasteiger partial charge in [-0.25, -0.2) is 4.98 Å². The normalized spacial score (nSPS) is 12.4. The summed E-state index contributed by atoms with van der Waals surface area (Å²) in [6.07, 6.45) is 5.93. The molecule has 0 aliphatic rings. The van der Waals surface area contributed by atoms with Crippen molar-refractivity contribution in [1.82, 2.24) is 19.7 Å². The summed E-state index contributed by atoms with van der Waals surface area (Å²) in [5.74, 6) is 0.982. The van der Waals surface area contributed by atoms with E-state index in [1.807, 2.05) is 32.3 Å². The predicted molar refractivity (Wildman–Crippen MR) is 137 cm³/mol. The van der Waals surface area contributed by atoms with E-state index in [1.165, 1.54) is 16.0 Å². The Kier molecular flexibility index (Phi) is 5.97. The molecule has 0 spiro atoms. The molecular weight excluding hydrogens is 414 g/mol. The van der Waals surface area contributed by atoms with Gasteiger partial charge in [0.15, 0.2) is 0 Å². The molecule has 4 rings (SSSR count). The van der Waals surface area contributed by atoms with Gasteiger partial charge in [0, 0.05) is 22.8 Å². The summed E-state index contributed by atoms with van der Waals surface area (Å²) in [7, 11) is 2.02. The number of allylic oxidation sites excluding steroid dienone is 2. The van der Waals surface area contributed by atoms with Crippen LogP contribution >= 0.6 is 11.3 Å². The summed E-state index contributed by atoms with van der Waals surface area (Å²) in [5.41, 5.74) is 7.03. The number of aromatic nitrogens is 4. The van der Waals surface area contributed by atoms with Crippen LogP contribution in [-0.4, -0.2) is 19.7 Å². The smallest absolute Gasteiger partial charge is 0.115 e. The molecule has 0 aliphatic heterocycles. The molecule has 3 heterocycles. The summed E-state index contributed by atoms with van der Waals surface area (Å²) in [5, 5.41) is 14.7. The molecule has 0 amide bonds. The fourth-order valence-corrected chi connectivity index (χ4v) is 4.43. The third-order valence-corrected chi connectivity index (χ3v) is 6.62. The molecule has 2 N–H and O–H groups in total. The molecule has 0 saturated heterocycles. The molecule has 4 aromatic rings. The second-order valence-corrected chi connectivity index (χ2v) is 8.74. The van der Waals surface area contributed by atoms with Crippen molar-refractivity contribution in [3.63, 3.8) is 0 Å². The lowest BCUT2D eigenvalue weighted by Crippen LogP contribution is -2.23. The van der Waals surface area contributed by atoms with Crippen molar-refractivity contribution < 1.29 is 0 Å². The molecule has 3 aromatic heterocycles. The van der Waals surface area contributed by atoms with Gasteiger partial charge in [0.25, 0.3) is 0 Å². The molecule has 32 heavy (non-hydrogen) atoms. The van der Waals surface area contributed by atoms with Gasteiger partial charge >= 0.3 is 0 Å². The molecule has 5 nitrogen and oxygen atoms in total. The predicted octanol–water partition coefficient (Wildman–Crippen LogP) is 4.87. The molecule has 6 heteroatoms. The number of hydrogen-bond acceptors (Lipinski definition) is 4. The Balaban J connectivity index is 1.59. The van der Waals surface area contributed by atoms with Crippen LogP contribution in [0, 0.1) is 13.8 Å². The quantitative estimate of drug-likeness (QED) is 0.449. The van der Waals surface area contributed by atoms with Crippen molar-refractivity contribution in [1.29, 1.82) is 0 Å². The van der Waals surface area contributed by atoms with Crippen LogP contribution in [0.2, 0.25) is 0 Å². The van der Waals surface area contributed by atoms with Gasteiger partial charge in [-0.15, -0.1) is 11.3 Å². The van der Waals surface area contributed by atoms with Gasteiger partial charge in [-0.2, -0.15) is 5.10 Å². The summed E-state index contributed by atoms with van der Waals surface area (Å²) in [6, 6.07) is 10.5. The number of nitrogens with one attached hydrogen (secondary N) is 2. The topological polar surface area (TPSA) is 58.5 Å². The maximum absolute atomic E-state index is 4.46. The van der Waals surface area contributed by atoms with E-state index in [9.17, 15) is 0 Å². The lowest BCUT2D eigenvalue weighted by Gasteiger charge is -2.13. The minimum absolute atomic E-state index is 0.709. The average molecular weight is 442 g/mol. The zero-order valence-electron chi connectivity index (χ0n) is 18.9. The Morgan fingerprint density at radius 3 is 2.72 bits per heavy atom. The molecule has 0 saturated carbocycles. The van der Waals surface area contributed by atoms with Crippen LogP contribution in [0.1, 0.15) is 29.7 Å². The second kappa shape index (κ2) is 8.85. The molecule has 0 bridgehead atoms. The number of nitrogens with zero attached hydrogens (tertiary/aromatic N) is 3. The number of aromatic amines is 1. The molecule has 0 aliphatic carbocycles.